The van der Waals surface area contributed by atoms with Gasteiger partial charge in [-0.1, -0.05) is 23.9 Å². The van der Waals surface area contributed by atoms with Gasteiger partial charge < -0.3 is 5.32 Å². The Balaban J connectivity index is 1.56. The maximum Gasteiger partial charge on any atom is 0.238 e. The SMILES string of the molecule is CC(=O)n1c(S[C@H](C)C(=O)Nc2sc3c(c2C#N)CCCC3)nc2ccccc21. The molecule has 3 aromatic rings. The van der Waals surface area contributed by atoms with E-state index in [0.717, 1.165) is 42.3 Å². The summed E-state index contributed by atoms with van der Waals surface area (Å²) in [5.74, 6) is -0.348. The summed E-state index contributed by atoms with van der Waals surface area (Å²) >= 11 is 2.75. The van der Waals surface area contributed by atoms with Crippen molar-refractivity contribution in [1.82, 2.24) is 9.55 Å². The Kier molecular flexibility index (Phi) is 5.43. The Bertz CT molecular complexity index is 1160. The van der Waals surface area contributed by atoms with Crippen LogP contribution in [0.3, 0.4) is 0 Å². The Labute approximate surface area is 176 Å². The minimum absolute atomic E-state index is 0.147. The summed E-state index contributed by atoms with van der Waals surface area (Å²) in [7, 11) is 0. The van der Waals surface area contributed by atoms with E-state index in [1.807, 2.05) is 24.3 Å². The van der Waals surface area contributed by atoms with Gasteiger partial charge in [0.1, 0.15) is 11.1 Å². The number of aromatic nitrogens is 2. The van der Waals surface area contributed by atoms with Gasteiger partial charge in [-0.2, -0.15) is 5.26 Å². The highest BCUT2D eigenvalue weighted by molar-refractivity contribution is 8.00. The summed E-state index contributed by atoms with van der Waals surface area (Å²) in [6.07, 6.45) is 4.08. The molecule has 0 saturated heterocycles. The zero-order valence-corrected chi connectivity index (χ0v) is 17.8. The summed E-state index contributed by atoms with van der Waals surface area (Å²) in [5, 5.41) is 13.2. The van der Waals surface area contributed by atoms with Crippen LogP contribution < -0.4 is 5.32 Å². The van der Waals surface area contributed by atoms with Crippen LogP contribution in [0.5, 0.6) is 0 Å². The minimum atomic E-state index is -0.476. The van der Waals surface area contributed by atoms with Gasteiger partial charge in [0.05, 0.1) is 21.8 Å². The zero-order valence-electron chi connectivity index (χ0n) is 16.2. The highest BCUT2D eigenvalue weighted by Gasteiger charge is 2.25. The van der Waals surface area contributed by atoms with Crippen LogP contribution in [0, 0.1) is 11.3 Å². The van der Waals surface area contributed by atoms with E-state index in [-0.39, 0.29) is 11.8 Å². The number of nitriles is 1. The zero-order chi connectivity index (χ0) is 20.5. The second-order valence-electron chi connectivity index (χ2n) is 7.01. The van der Waals surface area contributed by atoms with Gasteiger partial charge in [0.2, 0.25) is 11.8 Å². The van der Waals surface area contributed by atoms with Crippen molar-refractivity contribution >= 4 is 50.9 Å². The van der Waals surface area contributed by atoms with Crippen molar-refractivity contribution < 1.29 is 9.59 Å². The molecule has 148 valence electrons. The lowest BCUT2D eigenvalue weighted by Gasteiger charge is -2.11. The standard InChI is InChI=1S/C21H20N4O2S2/c1-12(28-21-23-16-8-4-5-9-17(16)25(21)13(2)26)19(27)24-20-15(11-22)14-7-3-6-10-18(14)29-20/h4-5,8-9,12H,3,6-7,10H2,1-2H3,(H,24,27)/t12-/m1/s1. The molecule has 0 fully saturated rings. The molecule has 0 saturated carbocycles. The molecule has 0 bridgehead atoms. The fourth-order valence-corrected chi connectivity index (χ4v) is 5.79. The average molecular weight is 425 g/mol. The fourth-order valence-electron chi connectivity index (χ4n) is 3.58. The summed E-state index contributed by atoms with van der Waals surface area (Å²) < 4.78 is 1.54. The summed E-state index contributed by atoms with van der Waals surface area (Å²) in [4.78, 5) is 30.7. The predicted octanol–water partition coefficient (Wildman–Crippen LogP) is 4.63. The first-order valence-corrected chi connectivity index (χ1v) is 11.2. The largest absolute Gasteiger partial charge is 0.316 e. The van der Waals surface area contributed by atoms with E-state index in [0.29, 0.717) is 15.7 Å². The van der Waals surface area contributed by atoms with Crippen molar-refractivity contribution in [3.05, 3.63) is 40.3 Å². The predicted molar refractivity (Wildman–Crippen MR) is 116 cm³/mol. The molecule has 8 heteroatoms. The molecule has 1 aliphatic rings. The topological polar surface area (TPSA) is 87.8 Å². The molecule has 0 radical (unpaired) electrons. The number of fused-ring (bicyclic) bond motifs is 2. The number of carbonyl (C=O) groups excluding carboxylic acids is 2. The molecule has 0 unspecified atom stereocenters. The number of anilines is 1. The molecule has 1 amide bonds. The van der Waals surface area contributed by atoms with Crippen molar-refractivity contribution in [2.24, 2.45) is 0 Å². The number of hydrogen-bond donors (Lipinski definition) is 1. The van der Waals surface area contributed by atoms with Crippen molar-refractivity contribution in [3.8, 4) is 6.07 Å². The Hall–Kier alpha value is -2.63. The first-order chi connectivity index (χ1) is 14.0. The number of aryl methyl sites for hydroxylation is 1. The molecule has 29 heavy (non-hydrogen) atoms. The molecule has 1 aliphatic carbocycles. The van der Waals surface area contributed by atoms with Crippen LogP contribution in [0.1, 0.15) is 47.5 Å². The van der Waals surface area contributed by atoms with E-state index < -0.39 is 5.25 Å². The van der Waals surface area contributed by atoms with Gasteiger partial charge in [0.15, 0.2) is 5.16 Å². The number of rotatable bonds is 4. The van der Waals surface area contributed by atoms with Crippen molar-refractivity contribution in [3.63, 3.8) is 0 Å². The minimum Gasteiger partial charge on any atom is -0.316 e. The molecule has 1 atom stereocenters. The smallest absolute Gasteiger partial charge is 0.238 e. The van der Waals surface area contributed by atoms with Crippen LogP contribution in [0.25, 0.3) is 11.0 Å². The van der Waals surface area contributed by atoms with E-state index >= 15 is 0 Å². The molecular weight excluding hydrogens is 404 g/mol. The van der Waals surface area contributed by atoms with Gasteiger partial charge in [-0.25, -0.2) is 4.98 Å². The van der Waals surface area contributed by atoms with Gasteiger partial charge in [0, 0.05) is 11.8 Å². The van der Waals surface area contributed by atoms with Crippen LogP contribution in [0.4, 0.5) is 5.00 Å². The van der Waals surface area contributed by atoms with Gasteiger partial charge in [0.25, 0.3) is 0 Å². The summed E-state index contributed by atoms with van der Waals surface area (Å²) in [6, 6.07) is 9.68. The molecule has 0 spiro atoms. The third-order valence-corrected chi connectivity index (χ3v) is 7.28. The first-order valence-electron chi connectivity index (χ1n) is 9.50. The van der Waals surface area contributed by atoms with E-state index in [9.17, 15) is 14.9 Å². The number of imidazole rings is 1. The molecule has 1 aromatic carbocycles. The number of para-hydroxylation sites is 2. The summed E-state index contributed by atoms with van der Waals surface area (Å²) in [6.45, 7) is 3.27. The van der Waals surface area contributed by atoms with Crippen LogP contribution in [-0.2, 0) is 17.6 Å². The van der Waals surface area contributed by atoms with Gasteiger partial charge >= 0.3 is 0 Å². The van der Waals surface area contributed by atoms with Crippen LogP contribution in [-0.4, -0.2) is 26.6 Å². The number of nitrogens with one attached hydrogen (secondary N) is 1. The lowest BCUT2D eigenvalue weighted by molar-refractivity contribution is -0.115. The van der Waals surface area contributed by atoms with E-state index in [1.54, 1.807) is 6.92 Å². The average Bonchev–Trinajstić information content (AvgIpc) is 3.24. The highest BCUT2D eigenvalue weighted by Crippen LogP contribution is 2.38. The van der Waals surface area contributed by atoms with E-state index in [4.69, 9.17) is 0 Å². The lowest BCUT2D eigenvalue weighted by atomic mass is 9.96. The molecule has 4 rings (SSSR count). The number of nitrogens with zero attached hydrogens (tertiary/aromatic N) is 3. The molecule has 1 N–H and O–H groups in total. The van der Waals surface area contributed by atoms with E-state index in [1.165, 1.54) is 39.5 Å². The van der Waals surface area contributed by atoms with Crippen molar-refractivity contribution in [2.45, 2.75) is 49.9 Å². The highest BCUT2D eigenvalue weighted by atomic mass is 32.2. The first kappa shape index (κ1) is 19.7. The maximum atomic E-state index is 12.8. The number of hydrogen-bond acceptors (Lipinski definition) is 6. The van der Waals surface area contributed by atoms with Crippen LogP contribution in [0.2, 0.25) is 0 Å². The van der Waals surface area contributed by atoms with Gasteiger partial charge in [-0.3, -0.25) is 14.2 Å². The molecule has 2 aromatic heterocycles. The third-order valence-electron chi connectivity index (χ3n) is 5.02. The van der Waals surface area contributed by atoms with Crippen molar-refractivity contribution in [1.29, 1.82) is 5.26 Å². The van der Waals surface area contributed by atoms with Crippen molar-refractivity contribution in [2.75, 3.05) is 5.32 Å². The second kappa shape index (κ2) is 8.01. The Morgan fingerprint density at radius 2 is 2.07 bits per heavy atom. The monoisotopic (exact) mass is 424 g/mol. The number of thiophene rings is 1. The second-order valence-corrected chi connectivity index (χ2v) is 9.43. The maximum absolute atomic E-state index is 12.8. The molecule has 6 nitrogen and oxygen atoms in total. The number of thioether (sulfide) groups is 1. The quantitative estimate of drug-likeness (QED) is 0.617. The van der Waals surface area contributed by atoms with E-state index in [2.05, 4.69) is 16.4 Å². The van der Waals surface area contributed by atoms with Gasteiger partial charge in [-0.05, 0) is 50.3 Å². The van der Waals surface area contributed by atoms with Crippen LogP contribution >= 0.6 is 23.1 Å². The summed E-state index contributed by atoms with van der Waals surface area (Å²) in [5.41, 5.74) is 3.15. The Morgan fingerprint density at radius 1 is 1.31 bits per heavy atom. The third kappa shape index (κ3) is 3.68. The molecular formula is C21H20N4O2S2. The Morgan fingerprint density at radius 3 is 2.83 bits per heavy atom. The lowest BCUT2D eigenvalue weighted by Crippen LogP contribution is -2.23. The van der Waals surface area contributed by atoms with Crippen LogP contribution in [0.15, 0.2) is 29.4 Å². The number of carbonyl (C=O) groups is 2. The molecule has 2 heterocycles. The fraction of sp³-hybridized carbons (Fsp3) is 0.333. The number of amides is 1. The normalized spacial score (nSPS) is 14.2. The number of benzene rings is 1. The van der Waals surface area contributed by atoms with Gasteiger partial charge in [-0.15, -0.1) is 11.3 Å². The molecule has 0 aliphatic heterocycles.